The summed E-state index contributed by atoms with van der Waals surface area (Å²) in [6.07, 6.45) is 2.31. The Morgan fingerprint density at radius 1 is 1.24 bits per heavy atom. The van der Waals surface area contributed by atoms with Gasteiger partial charge in [-0.3, -0.25) is 4.79 Å². The highest BCUT2D eigenvalue weighted by Gasteiger charge is 2.30. The number of hydrogen-bond donors (Lipinski definition) is 3. The molecule has 110 valence electrons. The van der Waals surface area contributed by atoms with E-state index in [1.165, 1.54) is 19.2 Å². The monoisotopic (exact) mass is 286 g/mol. The van der Waals surface area contributed by atoms with E-state index < -0.39 is 11.5 Å². The van der Waals surface area contributed by atoms with Crippen molar-refractivity contribution < 1.29 is 15.0 Å². The van der Waals surface area contributed by atoms with Crippen molar-refractivity contribution >= 4 is 11.7 Å². The van der Waals surface area contributed by atoms with Crippen molar-refractivity contribution in [3.63, 3.8) is 0 Å². The average molecular weight is 286 g/mol. The molecule has 1 atom stereocenters. The number of carbonyl (C=O) groups is 1. The number of nitrogens with one attached hydrogen (secondary N) is 1. The Bertz CT molecular complexity index is 612. The minimum absolute atomic E-state index is 0.0440. The fraction of sp³-hybridized carbons (Fsp3) is 0.250. The van der Waals surface area contributed by atoms with Gasteiger partial charge in [-0.2, -0.15) is 0 Å². The van der Waals surface area contributed by atoms with Crippen LogP contribution in [-0.2, 0) is 11.2 Å². The van der Waals surface area contributed by atoms with Crippen LogP contribution in [0.1, 0.15) is 18.9 Å². The smallest absolute Gasteiger partial charge is 0.257 e. The fourth-order valence-electron chi connectivity index (χ4n) is 1.88. The summed E-state index contributed by atoms with van der Waals surface area (Å²) < 4.78 is 0. The highest BCUT2D eigenvalue weighted by molar-refractivity contribution is 5.96. The number of rotatable bonds is 5. The molecule has 0 unspecified atom stereocenters. The molecule has 2 aromatic rings. The van der Waals surface area contributed by atoms with E-state index in [0.717, 1.165) is 5.56 Å². The molecule has 1 amide bonds. The van der Waals surface area contributed by atoms with Gasteiger partial charge in [-0.1, -0.05) is 30.3 Å². The molecule has 0 bridgehead atoms. The van der Waals surface area contributed by atoms with Crippen molar-refractivity contribution in [2.24, 2.45) is 0 Å². The van der Waals surface area contributed by atoms with Crippen LogP contribution >= 0.6 is 0 Å². The van der Waals surface area contributed by atoms with Crippen molar-refractivity contribution in [2.45, 2.75) is 25.4 Å². The van der Waals surface area contributed by atoms with E-state index in [-0.39, 0.29) is 18.0 Å². The Morgan fingerprint density at radius 3 is 2.62 bits per heavy atom. The molecule has 1 aromatic carbocycles. The Morgan fingerprint density at radius 2 is 1.95 bits per heavy atom. The van der Waals surface area contributed by atoms with Gasteiger partial charge in [-0.05, 0) is 37.5 Å². The van der Waals surface area contributed by atoms with E-state index in [2.05, 4.69) is 10.3 Å². The first-order valence-corrected chi connectivity index (χ1v) is 6.71. The molecule has 0 spiro atoms. The van der Waals surface area contributed by atoms with E-state index in [0.29, 0.717) is 6.42 Å². The number of amides is 1. The molecular formula is C16H18N2O3. The molecule has 0 saturated carbocycles. The minimum atomic E-state index is -1.54. The van der Waals surface area contributed by atoms with E-state index in [4.69, 9.17) is 0 Å². The van der Waals surface area contributed by atoms with Crippen molar-refractivity contribution in [3.05, 3.63) is 54.2 Å². The second-order valence-corrected chi connectivity index (χ2v) is 5.08. The molecule has 5 heteroatoms. The van der Waals surface area contributed by atoms with Gasteiger partial charge in [0.1, 0.15) is 5.60 Å². The van der Waals surface area contributed by atoms with E-state index in [1.54, 1.807) is 6.07 Å². The third-order valence-corrected chi connectivity index (χ3v) is 3.25. The number of aryl methyl sites for hydroxylation is 1. The van der Waals surface area contributed by atoms with Gasteiger partial charge in [0.05, 0.1) is 0 Å². The van der Waals surface area contributed by atoms with Crippen molar-refractivity contribution in [1.29, 1.82) is 0 Å². The molecule has 0 radical (unpaired) electrons. The number of nitrogens with zero attached hydrogens (tertiary/aromatic N) is 1. The number of carbonyl (C=O) groups excluding carboxylic acids is 1. The van der Waals surface area contributed by atoms with Crippen molar-refractivity contribution in [1.82, 2.24) is 4.98 Å². The lowest BCUT2D eigenvalue weighted by Gasteiger charge is -2.22. The zero-order valence-corrected chi connectivity index (χ0v) is 11.8. The first-order valence-electron chi connectivity index (χ1n) is 6.71. The lowest BCUT2D eigenvalue weighted by molar-refractivity contribution is -0.132. The second-order valence-electron chi connectivity index (χ2n) is 5.08. The first kappa shape index (κ1) is 15.0. The van der Waals surface area contributed by atoms with Gasteiger partial charge in [-0.25, -0.2) is 4.98 Å². The number of anilines is 1. The van der Waals surface area contributed by atoms with Gasteiger partial charge < -0.3 is 15.5 Å². The Hall–Kier alpha value is -2.40. The lowest BCUT2D eigenvalue weighted by Crippen LogP contribution is -2.40. The van der Waals surface area contributed by atoms with Crippen LogP contribution in [0.5, 0.6) is 5.75 Å². The summed E-state index contributed by atoms with van der Waals surface area (Å²) >= 11 is 0. The fourth-order valence-corrected chi connectivity index (χ4v) is 1.88. The number of pyridine rings is 1. The summed E-state index contributed by atoms with van der Waals surface area (Å²) in [6.45, 7) is 1.45. The minimum Gasteiger partial charge on any atom is -0.504 e. The molecule has 0 saturated heterocycles. The van der Waals surface area contributed by atoms with Gasteiger partial charge in [0, 0.05) is 6.20 Å². The van der Waals surface area contributed by atoms with Crippen molar-refractivity contribution in [2.75, 3.05) is 5.32 Å². The van der Waals surface area contributed by atoms with Gasteiger partial charge in [-0.15, -0.1) is 0 Å². The summed E-state index contributed by atoms with van der Waals surface area (Å²) in [7, 11) is 0. The highest BCUT2D eigenvalue weighted by Crippen LogP contribution is 2.21. The maximum atomic E-state index is 12.1. The summed E-state index contributed by atoms with van der Waals surface area (Å²) in [5.74, 6) is -0.681. The quantitative estimate of drug-likeness (QED) is 0.786. The van der Waals surface area contributed by atoms with Crippen LogP contribution in [0.15, 0.2) is 48.7 Å². The largest absolute Gasteiger partial charge is 0.504 e. The molecular weight excluding hydrogens is 268 g/mol. The summed E-state index contributed by atoms with van der Waals surface area (Å²) in [6, 6.07) is 12.6. The molecule has 3 N–H and O–H groups in total. The SMILES string of the molecule is C[C@@](O)(CCc1ccccc1)C(=O)Nc1ncccc1O. The Balaban J connectivity index is 1.98. The number of aromatic hydroxyl groups is 1. The molecule has 5 nitrogen and oxygen atoms in total. The van der Waals surface area contributed by atoms with Crippen molar-refractivity contribution in [3.8, 4) is 5.75 Å². The van der Waals surface area contributed by atoms with E-state index in [9.17, 15) is 15.0 Å². The van der Waals surface area contributed by atoms with Crippen LogP contribution in [-0.4, -0.2) is 26.7 Å². The van der Waals surface area contributed by atoms with Crippen LogP contribution in [0, 0.1) is 0 Å². The Kier molecular flexibility index (Phi) is 4.55. The zero-order chi connectivity index (χ0) is 15.3. The standard InChI is InChI=1S/C16H18N2O3/c1-16(21,10-9-12-6-3-2-4-7-12)15(20)18-14-13(19)8-5-11-17-14/h2-8,11,19,21H,9-10H2,1H3,(H,17,18,20)/t16-/m1/s1. The molecule has 0 aliphatic heterocycles. The molecule has 1 aromatic heterocycles. The number of aromatic nitrogens is 1. The van der Waals surface area contributed by atoms with Crippen LogP contribution < -0.4 is 5.32 Å². The third-order valence-electron chi connectivity index (χ3n) is 3.25. The number of hydrogen-bond acceptors (Lipinski definition) is 4. The van der Waals surface area contributed by atoms with Gasteiger partial charge in [0.15, 0.2) is 11.6 Å². The molecule has 1 heterocycles. The van der Waals surface area contributed by atoms with E-state index >= 15 is 0 Å². The maximum absolute atomic E-state index is 12.1. The summed E-state index contributed by atoms with van der Waals surface area (Å²) in [5.41, 5.74) is -0.494. The zero-order valence-electron chi connectivity index (χ0n) is 11.8. The molecule has 21 heavy (non-hydrogen) atoms. The molecule has 0 fully saturated rings. The first-order chi connectivity index (χ1) is 9.99. The van der Waals surface area contributed by atoms with Gasteiger partial charge >= 0.3 is 0 Å². The summed E-state index contributed by atoms with van der Waals surface area (Å²) in [5, 5.41) is 22.3. The van der Waals surface area contributed by atoms with Gasteiger partial charge in [0.2, 0.25) is 0 Å². The maximum Gasteiger partial charge on any atom is 0.257 e. The van der Waals surface area contributed by atoms with Crippen LogP contribution in [0.25, 0.3) is 0 Å². The predicted molar refractivity (Wildman–Crippen MR) is 79.9 cm³/mol. The lowest BCUT2D eigenvalue weighted by atomic mass is 9.96. The number of aliphatic hydroxyl groups is 1. The normalized spacial score (nSPS) is 13.4. The number of benzene rings is 1. The predicted octanol–water partition coefficient (Wildman–Crippen LogP) is 2.11. The Labute approximate surface area is 123 Å². The summed E-state index contributed by atoms with van der Waals surface area (Å²) in [4.78, 5) is 16.0. The highest BCUT2D eigenvalue weighted by atomic mass is 16.3. The molecule has 2 rings (SSSR count). The van der Waals surface area contributed by atoms with Gasteiger partial charge in [0.25, 0.3) is 5.91 Å². The second kappa shape index (κ2) is 6.37. The molecule has 0 aliphatic rings. The van der Waals surface area contributed by atoms with E-state index in [1.807, 2.05) is 30.3 Å². The topological polar surface area (TPSA) is 82.5 Å². The third kappa shape index (κ3) is 4.03. The van der Waals surface area contributed by atoms with Crippen LogP contribution in [0.2, 0.25) is 0 Å². The van der Waals surface area contributed by atoms with Crippen LogP contribution in [0.4, 0.5) is 5.82 Å². The average Bonchev–Trinajstić information content (AvgIpc) is 2.48. The molecule has 0 aliphatic carbocycles. The van der Waals surface area contributed by atoms with Crippen LogP contribution in [0.3, 0.4) is 0 Å².